The number of pyridine rings is 1. The lowest BCUT2D eigenvalue weighted by Gasteiger charge is -2.17. The molecule has 1 unspecified atom stereocenters. The molecule has 120 valence electrons. The zero-order valence-corrected chi connectivity index (χ0v) is 13.2. The number of fused-ring (bicyclic) bond motifs is 1. The topological polar surface area (TPSA) is 83.9 Å². The normalized spacial score (nSPS) is 20.0. The van der Waals surface area contributed by atoms with Crippen LogP contribution in [0.15, 0.2) is 18.5 Å². The van der Waals surface area contributed by atoms with Gasteiger partial charge in [0.2, 0.25) is 5.91 Å². The molecule has 23 heavy (non-hydrogen) atoms. The predicted molar refractivity (Wildman–Crippen MR) is 85.3 cm³/mol. The molecule has 1 saturated heterocycles. The summed E-state index contributed by atoms with van der Waals surface area (Å²) in [5.74, 6) is 0.328. The van der Waals surface area contributed by atoms with Crippen LogP contribution in [0.4, 0.5) is 10.5 Å². The lowest BCUT2D eigenvalue weighted by atomic mass is 10.1. The van der Waals surface area contributed by atoms with Crippen molar-refractivity contribution in [3.8, 4) is 0 Å². The predicted octanol–water partition coefficient (Wildman–Crippen LogP) is 1.63. The van der Waals surface area contributed by atoms with Crippen LogP contribution in [0.1, 0.15) is 43.0 Å². The minimum atomic E-state index is -0.310. The first-order valence-electron chi connectivity index (χ1n) is 7.82. The minimum Gasteiger partial charge on any atom is -0.323 e. The lowest BCUT2D eigenvalue weighted by molar-refractivity contribution is -0.123. The monoisotopic (exact) mass is 313 g/mol. The molecule has 2 aliphatic rings. The fourth-order valence-electron chi connectivity index (χ4n) is 2.96. The van der Waals surface area contributed by atoms with Gasteiger partial charge in [-0.1, -0.05) is 0 Å². The Bertz CT molecular complexity index is 821. The van der Waals surface area contributed by atoms with Crippen molar-refractivity contribution in [1.82, 2.24) is 14.3 Å². The number of rotatable bonds is 3. The second-order valence-electron chi connectivity index (χ2n) is 6.44. The molecule has 2 aromatic heterocycles. The number of amides is 3. The highest BCUT2D eigenvalue weighted by Crippen LogP contribution is 2.42. The summed E-state index contributed by atoms with van der Waals surface area (Å²) in [6.07, 6.45) is 6.28. The molecule has 0 spiro atoms. The van der Waals surface area contributed by atoms with Crippen molar-refractivity contribution in [3.05, 3.63) is 29.7 Å². The van der Waals surface area contributed by atoms with Gasteiger partial charge in [-0.05, 0) is 37.3 Å². The van der Waals surface area contributed by atoms with E-state index in [2.05, 4.69) is 11.2 Å². The molecular weight excluding hydrogens is 294 g/mol. The SMILES string of the molecule is CC(N)c1cn2cc(C3CC3)cc(N3CC(=O)N(C)C3=O)c2n1. The lowest BCUT2D eigenvalue weighted by Crippen LogP contribution is -2.30. The number of nitrogens with zero attached hydrogens (tertiary/aromatic N) is 4. The number of anilines is 1. The number of imidazole rings is 1. The van der Waals surface area contributed by atoms with Crippen molar-refractivity contribution in [2.45, 2.75) is 31.7 Å². The van der Waals surface area contributed by atoms with Crippen LogP contribution in [0.5, 0.6) is 0 Å². The van der Waals surface area contributed by atoms with Crippen LogP contribution < -0.4 is 10.6 Å². The van der Waals surface area contributed by atoms with Gasteiger partial charge >= 0.3 is 6.03 Å². The van der Waals surface area contributed by atoms with E-state index < -0.39 is 0 Å². The molecule has 1 saturated carbocycles. The van der Waals surface area contributed by atoms with Crippen LogP contribution in [0.3, 0.4) is 0 Å². The van der Waals surface area contributed by atoms with E-state index in [0.717, 1.165) is 23.4 Å². The Hall–Kier alpha value is -2.41. The van der Waals surface area contributed by atoms with E-state index in [1.54, 1.807) is 0 Å². The Labute approximate surface area is 133 Å². The Morgan fingerprint density at radius 2 is 2.04 bits per heavy atom. The molecule has 1 atom stereocenters. The fraction of sp³-hybridized carbons (Fsp3) is 0.438. The molecule has 3 amide bonds. The maximum atomic E-state index is 12.4. The summed E-state index contributed by atoms with van der Waals surface area (Å²) in [4.78, 5) is 31.5. The van der Waals surface area contributed by atoms with Gasteiger partial charge in [0.05, 0.1) is 11.4 Å². The second-order valence-corrected chi connectivity index (χ2v) is 6.44. The summed E-state index contributed by atoms with van der Waals surface area (Å²) in [5, 5.41) is 0. The van der Waals surface area contributed by atoms with E-state index in [0.29, 0.717) is 17.3 Å². The van der Waals surface area contributed by atoms with Gasteiger partial charge in [-0.25, -0.2) is 9.78 Å². The quantitative estimate of drug-likeness (QED) is 0.873. The largest absolute Gasteiger partial charge is 0.331 e. The van der Waals surface area contributed by atoms with E-state index in [-0.39, 0.29) is 24.5 Å². The van der Waals surface area contributed by atoms with Gasteiger partial charge < -0.3 is 10.1 Å². The van der Waals surface area contributed by atoms with E-state index in [9.17, 15) is 9.59 Å². The summed E-state index contributed by atoms with van der Waals surface area (Å²) < 4.78 is 1.93. The number of nitrogens with two attached hydrogens (primary N) is 1. The van der Waals surface area contributed by atoms with E-state index in [1.807, 2.05) is 23.6 Å². The van der Waals surface area contributed by atoms with Gasteiger partial charge in [-0.2, -0.15) is 0 Å². The van der Waals surface area contributed by atoms with Gasteiger partial charge in [0.1, 0.15) is 6.54 Å². The van der Waals surface area contributed by atoms with E-state index >= 15 is 0 Å². The summed E-state index contributed by atoms with van der Waals surface area (Å²) in [5.41, 5.74) is 9.24. The summed E-state index contributed by atoms with van der Waals surface area (Å²) >= 11 is 0. The third-order valence-electron chi connectivity index (χ3n) is 4.56. The molecule has 7 nitrogen and oxygen atoms in total. The number of urea groups is 1. The number of imide groups is 1. The Morgan fingerprint density at radius 3 is 2.61 bits per heavy atom. The van der Waals surface area contributed by atoms with Gasteiger partial charge in [0, 0.05) is 25.5 Å². The van der Waals surface area contributed by atoms with Crippen LogP contribution in [0.25, 0.3) is 5.65 Å². The molecule has 2 N–H and O–H groups in total. The Balaban J connectivity index is 1.89. The third kappa shape index (κ3) is 2.19. The molecule has 4 rings (SSSR count). The van der Waals surface area contributed by atoms with Crippen LogP contribution in [0, 0.1) is 0 Å². The van der Waals surface area contributed by atoms with Crippen molar-refractivity contribution < 1.29 is 9.59 Å². The van der Waals surface area contributed by atoms with Crippen LogP contribution in [0.2, 0.25) is 0 Å². The smallest absolute Gasteiger partial charge is 0.323 e. The molecule has 3 heterocycles. The Kier molecular flexibility index (Phi) is 2.96. The van der Waals surface area contributed by atoms with E-state index in [1.165, 1.54) is 17.5 Å². The summed E-state index contributed by atoms with van der Waals surface area (Å²) in [6.45, 7) is 1.93. The maximum absolute atomic E-state index is 12.4. The highest BCUT2D eigenvalue weighted by Gasteiger charge is 2.36. The molecule has 0 radical (unpaired) electrons. The molecule has 0 aromatic carbocycles. The highest BCUT2D eigenvalue weighted by molar-refractivity contribution is 6.13. The fourth-order valence-corrected chi connectivity index (χ4v) is 2.96. The highest BCUT2D eigenvalue weighted by atomic mass is 16.2. The number of aromatic nitrogens is 2. The first-order chi connectivity index (χ1) is 11.0. The van der Waals surface area contributed by atoms with E-state index in [4.69, 9.17) is 5.73 Å². The maximum Gasteiger partial charge on any atom is 0.331 e. The zero-order chi connectivity index (χ0) is 16.3. The van der Waals surface area contributed by atoms with Gasteiger partial charge in [0.25, 0.3) is 0 Å². The van der Waals surface area contributed by atoms with Crippen LogP contribution >= 0.6 is 0 Å². The number of likely N-dealkylation sites (N-methyl/N-ethyl adjacent to an activating group) is 1. The van der Waals surface area contributed by atoms with Crippen molar-refractivity contribution >= 4 is 23.3 Å². The number of hydrogen-bond acceptors (Lipinski definition) is 4. The van der Waals surface area contributed by atoms with Gasteiger partial charge in [0.15, 0.2) is 5.65 Å². The number of hydrogen-bond donors (Lipinski definition) is 1. The van der Waals surface area contributed by atoms with Gasteiger partial charge in [-0.3, -0.25) is 14.6 Å². The van der Waals surface area contributed by atoms with Crippen molar-refractivity contribution in [2.24, 2.45) is 5.73 Å². The van der Waals surface area contributed by atoms with Crippen LogP contribution in [-0.4, -0.2) is 39.8 Å². The zero-order valence-electron chi connectivity index (χ0n) is 13.2. The number of carbonyl (C=O) groups is 2. The molecule has 7 heteroatoms. The first kappa shape index (κ1) is 14.2. The average Bonchev–Trinajstić information content (AvgIpc) is 3.23. The number of carbonyl (C=O) groups excluding carboxylic acids is 2. The Morgan fingerprint density at radius 1 is 1.30 bits per heavy atom. The average molecular weight is 313 g/mol. The molecule has 1 aliphatic carbocycles. The molecule has 0 bridgehead atoms. The van der Waals surface area contributed by atoms with Crippen molar-refractivity contribution in [1.29, 1.82) is 0 Å². The van der Waals surface area contributed by atoms with Crippen molar-refractivity contribution in [3.63, 3.8) is 0 Å². The first-order valence-corrected chi connectivity index (χ1v) is 7.82. The molecule has 2 aromatic rings. The second kappa shape index (κ2) is 4.79. The molecular formula is C16H19N5O2. The third-order valence-corrected chi connectivity index (χ3v) is 4.56. The molecule has 1 aliphatic heterocycles. The minimum absolute atomic E-state index is 0.0550. The van der Waals surface area contributed by atoms with Crippen molar-refractivity contribution in [2.75, 3.05) is 18.5 Å². The summed E-state index contributed by atoms with van der Waals surface area (Å²) in [6, 6.07) is 1.50. The summed E-state index contributed by atoms with van der Waals surface area (Å²) in [7, 11) is 1.51. The molecule has 2 fully saturated rings. The van der Waals surface area contributed by atoms with Gasteiger partial charge in [-0.15, -0.1) is 0 Å². The van der Waals surface area contributed by atoms with Crippen LogP contribution in [-0.2, 0) is 4.79 Å². The standard InChI is InChI=1S/C16H19N5O2/c1-9(17)12-7-20-6-11(10-3-4-10)5-13(15(20)18-12)21-8-14(22)19(2)16(21)23/h5-7,9-10H,3-4,8,17H2,1-2H3.